The van der Waals surface area contributed by atoms with Crippen LogP contribution in [0.25, 0.3) is 22.3 Å². The summed E-state index contributed by atoms with van der Waals surface area (Å²) in [5.74, 6) is -4.50. The highest BCUT2D eigenvalue weighted by molar-refractivity contribution is 5.81. The molecule has 1 N–H and O–H groups in total. The van der Waals surface area contributed by atoms with Gasteiger partial charge in [-0.25, -0.2) is 13.2 Å². The van der Waals surface area contributed by atoms with Crippen molar-refractivity contribution in [3.05, 3.63) is 64.1 Å². The van der Waals surface area contributed by atoms with E-state index < -0.39 is 40.0 Å². The first-order chi connectivity index (χ1) is 9.99. The molecule has 0 amide bonds. The van der Waals surface area contributed by atoms with E-state index in [1.165, 1.54) is 6.07 Å². The molecule has 0 aliphatic heterocycles. The Balaban J connectivity index is 2.40. The molecule has 0 bridgehead atoms. The molecular weight excluding hydrogens is 285 g/mol. The molecule has 0 aliphatic carbocycles. The van der Waals surface area contributed by atoms with Gasteiger partial charge < -0.3 is 9.52 Å². The van der Waals surface area contributed by atoms with Crippen LogP contribution < -0.4 is 5.43 Å². The number of aromatic hydroxyl groups is 1. The van der Waals surface area contributed by atoms with Crippen LogP contribution >= 0.6 is 0 Å². The van der Waals surface area contributed by atoms with Crippen molar-refractivity contribution in [3.63, 3.8) is 0 Å². The van der Waals surface area contributed by atoms with Gasteiger partial charge in [-0.15, -0.1) is 0 Å². The van der Waals surface area contributed by atoms with E-state index in [0.29, 0.717) is 0 Å². The second kappa shape index (κ2) is 4.66. The SMILES string of the molecule is O=c1c(O)c(-c2cccc(F)c2F)oc2cc(F)ccc12. The molecule has 3 rings (SSSR count). The summed E-state index contributed by atoms with van der Waals surface area (Å²) in [4.78, 5) is 12.0. The summed E-state index contributed by atoms with van der Waals surface area (Å²) in [6.45, 7) is 0. The third kappa shape index (κ3) is 2.05. The summed E-state index contributed by atoms with van der Waals surface area (Å²) >= 11 is 0. The zero-order valence-corrected chi connectivity index (χ0v) is 10.4. The lowest BCUT2D eigenvalue weighted by molar-refractivity contribution is 0.445. The number of rotatable bonds is 1. The van der Waals surface area contributed by atoms with Crippen LogP contribution in [-0.2, 0) is 0 Å². The maximum absolute atomic E-state index is 13.8. The van der Waals surface area contributed by atoms with Gasteiger partial charge >= 0.3 is 0 Å². The van der Waals surface area contributed by atoms with Gasteiger partial charge in [0.1, 0.15) is 11.4 Å². The van der Waals surface area contributed by atoms with E-state index >= 15 is 0 Å². The number of hydrogen-bond acceptors (Lipinski definition) is 3. The Morgan fingerprint density at radius 1 is 1.05 bits per heavy atom. The Morgan fingerprint density at radius 2 is 1.81 bits per heavy atom. The molecule has 21 heavy (non-hydrogen) atoms. The fourth-order valence-electron chi connectivity index (χ4n) is 2.02. The van der Waals surface area contributed by atoms with E-state index in [0.717, 1.165) is 30.3 Å². The van der Waals surface area contributed by atoms with Gasteiger partial charge in [-0.1, -0.05) is 6.07 Å². The first-order valence-corrected chi connectivity index (χ1v) is 5.88. The van der Waals surface area contributed by atoms with Crippen LogP contribution in [0.15, 0.2) is 45.6 Å². The van der Waals surface area contributed by atoms with Gasteiger partial charge in [-0.05, 0) is 24.3 Å². The highest BCUT2D eigenvalue weighted by Gasteiger charge is 2.20. The first kappa shape index (κ1) is 13.2. The van der Waals surface area contributed by atoms with E-state index in [2.05, 4.69) is 0 Å². The van der Waals surface area contributed by atoms with E-state index in [9.17, 15) is 23.1 Å². The zero-order chi connectivity index (χ0) is 15.1. The van der Waals surface area contributed by atoms with Crippen LogP contribution in [0.1, 0.15) is 0 Å². The molecule has 1 heterocycles. The van der Waals surface area contributed by atoms with Crippen molar-refractivity contribution in [3.8, 4) is 17.1 Å². The van der Waals surface area contributed by atoms with Crippen LogP contribution in [0.3, 0.4) is 0 Å². The van der Waals surface area contributed by atoms with Gasteiger partial charge in [0, 0.05) is 6.07 Å². The molecule has 0 spiro atoms. The monoisotopic (exact) mass is 292 g/mol. The molecule has 2 aromatic carbocycles. The minimum atomic E-state index is -1.27. The summed E-state index contributed by atoms with van der Waals surface area (Å²) in [7, 11) is 0. The lowest BCUT2D eigenvalue weighted by Gasteiger charge is -2.07. The molecule has 0 saturated heterocycles. The predicted molar refractivity (Wildman–Crippen MR) is 69.5 cm³/mol. The van der Waals surface area contributed by atoms with E-state index in [4.69, 9.17) is 4.42 Å². The molecule has 106 valence electrons. The summed E-state index contributed by atoms with van der Waals surface area (Å²) in [6, 6.07) is 6.32. The van der Waals surface area contributed by atoms with Gasteiger partial charge in [0.15, 0.2) is 17.4 Å². The summed E-state index contributed by atoms with van der Waals surface area (Å²) in [6.07, 6.45) is 0. The van der Waals surface area contributed by atoms with E-state index in [-0.39, 0.29) is 11.0 Å². The van der Waals surface area contributed by atoms with E-state index in [1.807, 2.05) is 0 Å². The molecule has 0 aliphatic rings. The molecule has 0 radical (unpaired) electrons. The fraction of sp³-hybridized carbons (Fsp3) is 0. The third-order valence-corrected chi connectivity index (χ3v) is 3.03. The smallest absolute Gasteiger partial charge is 0.235 e. The Morgan fingerprint density at radius 3 is 2.57 bits per heavy atom. The highest BCUT2D eigenvalue weighted by atomic mass is 19.2. The average molecular weight is 292 g/mol. The van der Waals surface area contributed by atoms with Crippen LogP contribution in [0, 0.1) is 17.5 Å². The molecule has 0 fully saturated rings. The quantitative estimate of drug-likeness (QED) is 0.745. The maximum Gasteiger partial charge on any atom is 0.235 e. The second-order valence-electron chi connectivity index (χ2n) is 4.35. The van der Waals surface area contributed by atoms with Crippen molar-refractivity contribution in [2.45, 2.75) is 0 Å². The lowest BCUT2D eigenvalue weighted by Crippen LogP contribution is -2.03. The van der Waals surface area contributed by atoms with Crippen molar-refractivity contribution in [2.75, 3.05) is 0 Å². The second-order valence-corrected chi connectivity index (χ2v) is 4.35. The number of hydrogen-bond donors (Lipinski definition) is 1. The summed E-state index contributed by atoms with van der Waals surface area (Å²) < 4.78 is 45.4. The number of halogens is 3. The van der Waals surface area contributed by atoms with Gasteiger partial charge in [-0.2, -0.15) is 0 Å². The third-order valence-electron chi connectivity index (χ3n) is 3.03. The average Bonchev–Trinajstić information content (AvgIpc) is 2.46. The van der Waals surface area contributed by atoms with Gasteiger partial charge in [0.05, 0.1) is 10.9 Å². The van der Waals surface area contributed by atoms with Crippen LogP contribution in [0.5, 0.6) is 5.75 Å². The first-order valence-electron chi connectivity index (χ1n) is 5.88. The van der Waals surface area contributed by atoms with Crippen molar-refractivity contribution < 1.29 is 22.7 Å². The minimum absolute atomic E-state index is 0.0607. The predicted octanol–water partition coefficient (Wildman–Crippen LogP) is 3.58. The Labute approximate surface area is 115 Å². The molecule has 0 saturated carbocycles. The van der Waals surface area contributed by atoms with Gasteiger partial charge in [0.2, 0.25) is 11.2 Å². The van der Waals surface area contributed by atoms with Gasteiger partial charge in [0.25, 0.3) is 0 Å². The molecule has 3 nitrogen and oxygen atoms in total. The zero-order valence-electron chi connectivity index (χ0n) is 10.4. The summed E-state index contributed by atoms with van der Waals surface area (Å²) in [5, 5.41) is 9.78. The number of benzene rings is 2. The van der Waals surface area contributed by atoms with Crippen molar-refractivity contribution in [2.24, 2.45) is 0 Å². The highest BCUT2D eigenvalue weighted by Crippen LogP contribution is 2.32. The van der Waals surface area contributed by atoms with Crippen LogP contribution in [0.4, 0.5) is 13.2 Å². The largest absolute Gasteiger partial charge is 0.502 e. The van der Waals surface area contributed by atoms with Crippen LogP contribution in [0.2, 0.25) is 0 Å². The minimum Gasteiger partial charge on any atom is -0.502 e. The Bertz CT molecular complexity index is 916. The fourth-order valence-corrected chi connectivity index (χ4v) is 2.02. The van der Waals surface area contributed by atoms with E-state index in [1.54, 1.807) is 0 Å². The van der Waals surface area contributed by atoms with Crippen molar-refractivity contribution in [1.82, 2.24) is 0 Å². The summed E-state index contributed by atoms with van der Waals surface area (Å²) in [5.41, 5.74) is -1.44. The standard InChI is InChI=1S/C15H7F3O3/c16-7-4-5-8-11(6-7)21-15(14(20)13(8)19)9-2-1-3-10(17)12(9)18/h1-6,20H. The topological polar surface area (TPSA) is 50.4 Å². The molecule has 0 atom stereocenters. The van der Waals surface area contributed by atoms with Crippen LogP contribution in [-0.4, -0.2) is 5.11 Å². The van der Waals surface area contributed by atoms with Gasteiger partial charge in [-0.3, -0.25) is 4.79 Å². The molecule has 0 unspecified atom stereocenters. The molecule has 3 aromatic rings. The van der Waals surface area contributed by atoms with Crippen molar-refractivity contribution >= 4 is 11.0 Å². The Hall–Kier alpha value is -2.76. The Kier molecular flexibility index (Phi) is 2.94. The molecule has 1 aromatic heterocycles. The van der Waals surface area contributed by atoms with Crippen molar-refractivity contribution in [1.29, 1.82) is 0 Å². The molecule has 6 heteroatoms. The maximum atomic E-state index is 13.8. The lowest BCUT2D eigenvalue weighted by atomic mass is 10.1. The molecular formula is C15H7F3O3. The normalized spacial score (nSPS) is 11.0. The number of fused-ring (bicyclic) bond motifs is 1.